The minimum Gasteiger partial charge on any atom is -0.376 e. The molecule has 2 fully saturated rings. The van der Waals surface area contributed by atoms with Crippen LogP contribution in [0.4, 0.5) is 5.95 Å². The van der Waals surface area contributed by atoms with Crippen molar-refractivity contribution >= 4 is 17.3 Å². The van der Waals surface area contributed by atoms with Crippen LogP contribution >= 0.6 is 11.3 Å². The smallest absolute Gasteiger partial charge is 0.225 e. The van der Waals surface area contributed by atoms with Gasteiger partial charge in [-0.1, -0.05) is 0 Å². The van der Waals surface area contributed by atoms with E-state index in [4.69, 9.17) is 9.47 Å². The van der Waals surface area contributed by atoms with E-state index in [1.165, 1.54) is 5.56 Å². The largest absolute Gasteiger partial charge is 0.376 e. The summed E-state index contributed by atoms with van der Waals surface area (Å²) in [5.41, 5.74) is 1.05. The van der Waals surface area contributed by atoms with E-state index in [-0.39, 0.29) is 5.60 Å². The first-order valence-corrected chi connectivity index (χ1v) is 9.24. The average molecular weight is 346 g/mol. The van der Waals surface area contributed by atoms with Crippen LogP contribution in [0.3, 0.4) is 0 Å². The van der Waals surface area contributed by atoms with Crippen LogP contribution in [0.1, 0.15) is 5.56 Å². The fourth-order valence-electron chi connectivity index (χ4n) is 3.41. The average Bonchev–Trinajstić information content (AvgIpc) is 3.03. The van der Waals surface area contributed by atoms with E-state index < -0.39 is 0 Å². The maximum Gasteiger partial charge on any atom is 0.225 e. The van der Waals surface area contributed by atoms with Crippen LogP contribution < -0.4 is 4.90 Å². The summed E-state index contributed by atoms with van der Waals surface area (Å²) in [6.07, 6.45) is 3.57. The molecule has 1 spiro atoms. The highest BCUT2D eigenvalue weighted by Gasteiger charge is 2.40. The van der Waals surface area contributed by atoms with Crippen LogP contribution in [0.2, 0.25) is 0 Å². The third-order valence-corrected chi connectivity index (χ3v) is 5.23. The fourth-order valence-corrected chi connectivity index (χ4v) is 4.07. The Morgan fingerprint density at radius 3 is 2.92 bits per heavy atom. The van der Waals surface area contributed by atoms with E-state index in [1.54, 1.807) is 23.7 Å². The Balaban J connectivity index is 1.49. The predicted molar refractivity (Wildman–Crippen MR) is 93.3 cm³/mol. The van der Waals surface area contributed by atoms with Crippen LogP contribution in [-0.4, -0.2) is 66.5 Å². The molecule has 2 aromatic heterocycles. The standard InChI is InChI=1S/C17H22N4O2S/c1-3-18-16(19-4-1)21-6-7-22-14-17(13-21)12-20(5-8-23-17)10-15-2-9-24-11-15/h1-4,9,11H,5-8,10,12-14H2/t17-/m0/s1. The van der Waals surface area contributed by atoms with E-state index in [0.717, 1.165) is 45.3 Å². The lowest BCUT2D eigenvalue weighted by atomic mass is 10.0. The van der Waals surface area contributed by atoms with E-state index in [2.05, 4.69) is 36.6 Å². The third kappa shape index (κ3) is 3.59. The Kier molecular flexibility index (Phi) is 4.75. The van der Waals surface area contributed by atoms with E-state index in [9.17, 15) is 0 Å². The highest BCUT2D eigenvalue weighted by molar-refractivity contribution is 7.07. The lowest BCUT2D eigenvalue weighted by Gasteiger charge is -2.43. The molecule has 0 bridgehead atoms. The fraction of sp³-hybridized carbons (Fsp3) is 0.529. The quantitative estimate of drug-likeness (QED) is 0.842. The zero-order valence-electron chi connectivity index (χ0n) is 13.6. The summed E-state index contributed by atoms with van der Waals surface area (Å²) in [5, 5.41) is 4.35. The molecule has 2 aliphatic heterocycles. The number of morpholine rings is 1. The molecule has 0 N–H and O–H groups in total. The summed E-state index contributed by atoms with van der Waals surface area (Å²) >= 11 is 1.75. The van der Waals surface area contributed by atoms with Crippen molar-refractivity contribution in [2.24, 2.45) is 0 Å². The first kappa shape index (κ1) is 16.0. The first-order chi connectivity index (χ1) is 11.8. The van der Waals surface area contributed by atoms with Gasteiger partial charge >= 0.3 is 0 Å². The number of hydrogen-bond acceptors (Lipinski definition) is 7. The molecule has 0 aliphatic carbocycles. The molecule has 2 aromatic rings. The predicted octanol–water partition coefficient (Wildman–Crippen LogP) is 1.65. The van der Waals surface area contributed by atoms with Crippen molar-refractivity contribution in [3.05, 3.63) is 40.8 Å². The van der Waals surface area contributed by atoms with Crippen molar-refractivity contribution in [2.45, 2.75) is 12.1 Å². The summed E-state index contributed by atoms with van der Waals surface area (Å²) in [6, 6.07) is 4.04. The molecule has 0 saturated carbocycles. The molecule has 4 heterocycles. The molecule has 4 rings (SSSR count). The van der Waals surface area contributed by atoms with Crippen LogP contribution in [0, 0.1) is 0 Å². The Labute approximate surface area is 146 Å². The van der Waals surface area contributed by atoms with Crippen molar-refractivity contribution in [3.8, 4) is 0 Å². The first-order valence-electron chi connectivity index (χ1n) is 8.30. The Morgan fingerprint density at radius 2 is 2.08 bits per heavy atom. The minimum atomic E-state index is -0.316. The van der Waals surface area contributed by atoms with Gasteiger partial charge in [-0.15, -0.1) is 0 Å². The van der Waals surface area contributed by atoms with Gasteiger partial charge in [0.25, 0.3) is 0 Å². The Morgan fingerprint density at radius 1 is 1.17 bits per heavy atom. The number of ether oxygens (including phenoxy) is 2. The zero-order valence-corrected chi connectivity index (χ0v) is 14.5. The maximum atomic E-state index is 6.23. The molecular weight excluding hydrogens is 324 g/mol. The van der Waals surface area contributed by atoms with Gasteiger partial charge in [0.05, 0.1) is 26.4 Å². The second kappa shape index (κ2) is 7.14. The lowest BCUT2D eigenvalue weighted by Crippen LogP contribution is -2.58. The number of hydrogen-bond donors (Lipinski definition) is 0. The summed E-state index contributed by atoms with van der Waals surface area (Å²) in [4.78, 5) is 13.4. The van der Waals surface area contributed by atoms with Crippen molar-refractivity contribution in [2.75, 3.05) is 50.9 Å². The van der Waals surface area contributed by atoms with Crippen molar-refractivity contribution in [1.82, 2.24) is 14.9 Å². The number of rotatable bonds is 3. The van der Waals surface area contributed by atoms with Gasteiger partial charge in [-0.25, -0.2) is 9.97 Å². The van der Waals surface area contributed by atoms with Gasteiger partial charge in [0.15, 0.2) is 0 Å². The molecule has 2 aliphatic rings. The molecule has 0 aromatic carbocycles. The van der Waals surface area contributed by atoms with Gasteiger partial charge in [0.1, 0.15) is 5.60 Å². The third-order valence-electron chi connectivity index (χ3n) is 4.50. The topological polar surface area (TPSA) is 50.7 Å². The van der Waals surface area contributed by atoms with Gasteiger partial charge < -0.3 is 14.4 Å². The molecule has 0 radical (unpaired) electrons. The molecule has 2 saturated heterocycles. The van der Waals surface area contributed by atoms with Gasteiger partial charge in [0.2, 0.25) is 5.95 Å². The molecule has 7 heteroatoms. The molecule has 6 nitrogen and oxygen atoms in total. The van der Waals surface area contributed by atoms with Crippen LogP contribution in [0.5, 0.6) is 0 Å². The summed E-state index contributed by atoms with van der Waals surface area (Å²) in [7, 11) is 0. The number of aromatic nitrogens is 2. The van der Waals surface area contributed by atoms with Crippen molar-refractivity contribution < 1.29 is 9.47 Å². The van der Waals surface area contributed by atoms with E-state index >= 15 is 0 Å². The maximum absolute atomic E-state index is 6.23. The van der Waals surface area contributed by atoms with Crippen molar-refractivity contribution in [3.63, 3.8) is 0 Å². The highest BCUT2D eigenvalue weighted by Crippen LogP contribution is 2.25. The van der Waals surface area contributed by atoms with Gasteiger partial charge in [0, 0.05) is 38.6 Å². The normalized spacial score (nSPS) is 25.8. The van der Waals surface area contributed by atoms with Crippen LogP contribution in [0.15, 0.2) is 35.3 Å². The second-order valence-electron chi connectivity index (χ2n) is 6.40. The number of anilines is 1. The second-order valence-corrected chi connectivity index (χ2v) is 7.18. The summed E-state index contributed by atoms with van der Waals surface area (Å²) in [5.74, 6) is 0.751. The minimum absolute atomic E-state index is 0.316. The Bertz CT molecular complexity index is 639. The van der Waals surface area contributed by atoms with Crippen LogP contribution in [-0.2, 0) is 16.0 Å². The molecular formula is C17H22N4O2S. The number of nitrogens with zero attached hydrogens (tertiary/aromatic N) is 4. The van der Waals surface area contributed by atoms with E-state index in [1.807, 2.05) is 6.07 Å². The molecule has 24 heavy (non-hydrogen) atoms. The molecule has 0 unspecified atom stereocenters. The molecule has 0 amide bonds. The highest BCUT2D eigenvalue weighted by atomic mass is 32.1. The number of thiophene rings is 1. The molecule has 128 valence electrons. The van der Waals surface area contributed by atoms with Gasteiger partial charge in [-0.05, 0) is 28.5 Å². The lowest BCUT2D eigenvalue weighted by molar-refractivity contribution is -0.134. The van der Waals surface area contributed by atoms with Crippen molar-refractivity contribution in [1.29, 1.82) is 0 Å². The SMILES string of the molecule is c1cnc(N2CCOC[C@]3(CN(Cc4ccsc4)CCO3)C2)nc1. The Hall–Kier alpha value is -1.54. The van der Waals surface area contributed by atoms with E-state index in [0.29, 0.717) is 13.2 Å². The van der Waals surface area contributed by atoms with Gasteiger partial charge in [-0.3, -0.25) is 4.90 Å². The summed E-state index contributed by atoms with van der Waals surface area (Å²) in [6.45, 7) is 6.38. The zero-order chi connectivity index (χ0) is 16.2. The summed E-state index contributed by atoms with van der Waals surface area (Å²) < 4.78 is 12.1. The molecule has 1 atom stereocenters. The van der Waals surface area contributed by atoms with Gasteiger partial charge in [-0.2, -0.15) is 11.3 Å². The van der Waals surface area contributed by atoms with Crippen LogP contribution in [0.25, 0.3) is 0 Å². The monoisotopic (exact) mass is 346 g/mol.